The molecule has 0 bridgehead atoms. The minimum absolute atomic E-state index is 0.0509. The minimum atomic E-state index is -0.610. The fourth-order valence-electron chi connectivity index (χ4n) is 2.02. The number of ether oxygens (including phenoxy) is 1. The Morgan fingerprint density at radius 3 is 2.45 bits per heavy atom. The third kappa shape index (κ3) is 2.46. The third-order valence-electron chi connectivity index (χ3n) is 3.27. The van der Waals surface area contributed by atoms with Crippen LogP contribution in [0.5, 0.6) is 11.5 Å². The molecule has 116 valence electrons. The Hall–Kier alpha value is -2.68. The van der Waals surface area contributed by atoms with Crippen LogP contribution in [0.2, 0.25) is 0 Å². The monoisotopic (exact) mass is 323 g/mol. The number of benzene rings is 1. The topological polar surface area (TPSA) is 96.1 Å². The van der Waals surface area contributed by atoms with Crippen molar-refractivity contribution in [3.63, 3.8) is 0 Å². The van der Waals surface area contributed by atoms with Crippen LogP contribution in [0.15, 0.2) is 17.8 Å². The summed E-state index contributed by atoms with van der Waals surface area (Å²) in [7, 11) is 4.41. The molecule has 1 aliphatic rings. The van der Waals surface area contributed by atoms with Crippen LogP contribution in [0.4, 0.5) is 5.69 Å². The van der Waals surface area contributed by atoms with Crippen LogP contribution in [0.25, 0.3) is 6.08 Å². The quantitative estimate of drug-likeness (QED) is 0.388. The highest BCUT2D eigenvalue weighted by atomic mass is 32.1. The lowest BCUT2D eigenvalue weighted by atomic mass is 10.1. The predicted molar refractivity (Wildman–Crippen MR) is 82.4 cm³/mol. The summed E-state index contributed by atoms with van der Waals surface area (Å²) in [6, 6.07) is 2.27. The van der Waals surface area contributed by atoms with Crippen molar-refractivity contribution >= 4 is 35.0 Å². The summed E-state index contributed by atoms with van der Waals surface area (Å²) in [5.74, 6) is -0.704. The highest BCUT2D eigenvalue weighted by molar-refractivity contribution is 7.80. The summed E-state index contributed by atoms with van der Waals surface area (Å²) >= 11 is 5.08. The number of hydrogen-bond acceptors (Lipinski definition) is 6. The molecule has 0 atom stereocenters. The van der Waals surface area contributed by atoms with Crippen molar-refractivity contribution in [2.75, 3.05) is 21.2 Å². The van der Waals surface area contributed by atoms with Gasteiger partial charge in [-0.15, -0.1) is 0 Å². The molecule has 1 aliphatic heterocycles. The van der Waals surface area contributed by atoms with Gasteiger partial charge in [0.1, 0.15) is 5.70 Å². The Morgan fingerprint density at radius 1 is 1.36 bits per heavy atom. The second-order valence-electron chi connectivity index (χ2n) is 4.58. The molecule has 1 heterocycles. The summed E-state index contributed by atoms with van der Waals surface area (Å²) in [5.41, 5.74) is 0.0373. The van der Waals surface area contributed by atoms with Gasteiger partial charge in [0.05, 0.1) is 18.1 Å². The SMILES string of the molecule is COc1cc([N+](=O)[O-])cc(/C=C2/C(=O)N(C)C(=S)N2C)c1O. The van der Waals surface area contributed by atoms with Crippen molar-refractivity contribution in [1.82, 2.24) is 9.80 Å². The normalized spacial score (nSPS) is 16.6. The number of nitro groups is 1. The molecule has 22 heavy (non-hydrogen) atoms. The number of hydrogen-bond donors (Lipinski definition) is 1. The summed E-state index contributed by atoms with van der Waals surface area (Å²) < 4.78 is 4.92. The first kappa shape index (κ1) is 15.7. The predicted octanol–water partition coefficient (Wildman–Crippen LogP) is 1.34. The average molecular weight is 323 g/mol. The molecule has 1 fully saturated rings. The molecule has 0 saturated carbocycles. The Bertz CT molecular complexity index is 716. The first-order valence-corrected chi connectivity index (χ1v) is 6.51. The number of likely N-dealkylation sites (N-methyl/N-ethyl adjacent to an activating group) is 2. The standard InChI is InChI=1S/C13H13N3O5S/c1-14-9(12(18)15(2)13(14)22)5-7-4-8(16(19)20)6-10(21-3)11(7)17/h4-6,17H,1-3H3/b9-5-. The van der Waals surface area contributed by atoms with Crippen LogP contribution in [0.3, 0.4) is 0 Å². The fraction of sp³-hybridized carbons (Fsp3) is 0.231. The molecule has 1 amide bonds. The lowest BCUT2D eigenvalue weighted by Gasteiger charge is -2.11. The van der Waals surface area contributed by atoms with Crippen molar-refractivity contribution in [2.24, 2.45) is 0 Å². The van der Waals surface area contributed by atoms with E-state index in [2.05, 4.69) is 0 Å². The van der Waals surface area contributed by atoms with Gasteiger partial charge >= 0.3 is 0 Å². The van der Waals surface area contributed by atoms with E-state index in [9.17, 15) is 20.0 Å². The van der Waals surface area contributed by atoms with E-state index in [1.165, 1.54) is 30.0 Å². The van der Waals surface area contributed by atoms with Crippen LogP contribution in [0.1, 0.15) is 5.56 Å². The minimum Gasteiger partial charge on any atom is -0.504 e. The number of aromatic hydroxyl groups is 1. The van der Waals surface area contributed by atoms with Gasteiger partial charge in [-0.3, -0.25) is 19.8 Å². The maximum atomic E-state index is 12.1. The zero-order valence-corrected chi connectivity index (χ0v) is 12.9. The first-order chi connectivity index (χ1) is 10.3. The van der Waals surface area contributed by atoms with Crippen molar-refractivity contribution < 1.29 is 19.6 Å². The number of methoxy groups -OCH3 is 1. The summed E-state index contributed by atoms with van der Waals surface area (Å²) in [4.78, 5) is 25.2. The maximum Gasteiger partial charge on any atom is 0.276 e. The van der Waals surface area contributed by atoms with Gasteiger partial charge < -0.3 is 14.7 Å². The van der Waals surface area contributed by atoms with Crippen molar-refractivity contribution in [1.29, 1.82) is 0 Å². The number of carbonyl (C=O) groups excluding carboxylic acids is 1. The van der Waals surface area contributed by atoms with Crippen molar-refractivity contribution in [2.45, 2.75) is 0 Å². The first-order valence-electron chi connectivity index (χ1n) is 6.10. The van der Waals surface area contributed by atoms with Crippen molar-refractivity contribution in [3.05, 3.63) is 33.5 Å². The van der Waals surface area contributed by atoms with Gasteiger partial charge in [-0.25, -0.2) is 0 Å². The van der Waals surface area contributed by atoms with E-state index < -0.39 is 4.92 Å². The number of thiocarbonyl (C=S) groups is 1. The highest BCUT2D eigenvalue weighted by Crippen LogP contribution is 2.36. The molecular weight excluding hydrogens is 310 g/mol. The van der Waals surface area contributed by atoms with E-state index in [1.807, 2.05) is 0 Å². The average Bonchev–Trinajstić information content (AvgIpc) is 2.66. The molecule has 1 aromatic rings. The second-order valence-corrected chi connectivity index (χ2v) is 4.94. The number of phenolic OH excluding ortho intramolecular Hbond substituents is 1. The van der Waals surface area contributed by atoms with Crippen LogP contribution in [0, 0.1) is 10.1 Å². The Labute approximate surface area is 131 Å². The zero-order chi connectivity index (χ0) is 16.6. The second kappa shape index (κ2) is 5.60. The van der Waals surface area contributed by atoms with Gasteiger partial charge in [-0.1, -0.05) is 0 Å². The zero-order valence-electron chi connectivity index (χ0n) is 12.1. The van der Waals surface area contributed by atoms with E-state index >= 15 is 0 Å². The molecule has 0 aromatic heterocycles. The largest absolute Gasteiger partial charge is 0.504 e. The molecule has 2 rings (SSSR count). The number of rotatable bonds is 3. The van der Waals surface area contributed by atoms with Gasteiger partial charge in [-0.2, -0.15) is 0 Å². The maximum absolute atomic E-state index is 12.1. The Kier molecular flexibility index (Phi) is 4.00. The molecule has 0 unspecified atom stereocenters. The van der Waals surface area contributed by atoms with Gasteiger partial charge in [0, 0.05) is 25.7 Å². The number of phenols is 1. The molecular formula is C13H13N3O5S. The molecule has 1 N–H and O–H groups in total. The third-order valence-corrected chi connectivity index (χ3v) is 3.82. The van der Waals surface area contributed by atoms with E-state index in [1.54, 1.807) is 7.05 Å². The molecule has 8 nitrogen and oxygen atoms in total. The number of nitrogens with zero attached hydrogens (tertiary/aromatic N) is 3. The Balaban J connectivity index is 2.60. The summed E-state index contributed by atoms with van der Waals surface area (Å²) in [6.45, 7) is 0. The molecule has 0 radical (unpaired) electrons. The molecule has 9 heteroatoms. The van der Waals surface area contributed by atoms with Crippen LogP contribution in [-0.4, -0.2) is 52.1 Å². The van der Waals surface area contributed by atoms with Crippen molar-refractivity contribution in [3.8, 4) is 11.5 Å². The van der Waals surface area contributed by atoms with E-state index in [4.69, 9.17) is 17.0 Å². The fourth-order valence-corrected chi connectivity index (χ4v) is 2.20. The molecule has 0 spiro atoms. The molecule has 1 aromatic carbocycles. The Morgan fingerprint density at radius 2 is 2.00 bits per heavy atom. The summed E-state index contributed by atoms with van der Waals surface area (Å²) in [5, 5.41) is 21.3. The lowest BCUT2D eigenvalue weighted by molar-refractivity contribution is -0.385. The number of amides is 1. The van der Waals surface area contributed by atoms with Crippen LogP contribution in [-0.2, 0) is 4.79 Å². The number of non-ortho nitro benzene ring substituents is 1. The van der Waals surface area contributed by atoms with E-state index in [0.29, 0.717) is 5.11 Å². The van der Waals surface area contributed by atoms with Crippen LogP contribution < -0.4 is 4.74 Å². The smallest absolute Gasteiger partial charge is 0.276 e. The molecule has 0 aliphatic carbocycles. The van der Waals surface area contributed by atoms with Gasteiger partial charge in [0.25, 0.3) is 11.6 Å². The number of carbonyl (C=O) groups is 1. The lowest BCUT2D eigenvalue weighted by Crippen LogP contribution is -2.26. The van der Waals surface area contributed by atoms with Gasteiger partial charge in [0.2, 0.25) is 0 Å². The molecule has 1 saturated heterocycles. The van der Waals surface area contributed by atoms with E-state index in [0.717, 1.165) is 12.1 Å². The highest BCUT2D eigenvalue weighted by Gasteiger charge is 2.33. The number of nitro benzene ring substituents is 1. The van der Waals surface area contributed by atoms with Gasteiger partial charge in [-0.05, 0) is 18.3 Å². The van der Waals surface area contributed by atoms with Gasteiger partial charge in [0.15, 0.2) is 16.6 Å². The van der Waals surface area contributed by atoms with E-state index in [-0.39, 0.29) is 34.4 Å². The summed E-state index contributed by atoms with van der Waals surface area (Å²) in [6.07, 6.45) is 1.34. The van der Waals surface area contributed by atoms with Crippen LogP contribution >= 0.6 is 12.2 Å².